The summed E-state index contributed by atoms with van der Waals surface area (Å²) in [4.78, 5) is 2.69. The van der Waals surface area contributed by atoms with Gasteiger partial charge in [0.05, 0.1) is 33.4 Å². The molecule has 0 bridgehead atoms. The van der Waals surface area contributed by atoms with Crippen molar-refractivity contribution in [1.82, 2.24) is 9.13 Å². The van der Waals surface area contributed by atoms with Crippen molar-refractivity contribution in [1.29, 1.82) is 0 Å². The van der Waals surface area contributed by atoms with Crippen molar-refractivity contribution < 1.29 is 0 Å². The molecule has 0 saturated heterocycles. The van der Waals surface area contributed by atoms with Crippen molar-refractivity contribution in [3.63, 3.8) is 0 Å². The fourth-order valence-corrected chi connectivity index (χ4v) is 14.6. The summed E-state index contributed by atoms with van der Waals surface area (Å²) in [6, 6.07) is 72.9. The van der Waals surface area contributed by atoms with Crippen LogP contribution in [0.3, 0.4) is 0 Å². The number of rotatable bonds is 5. The van der Waals surface area contributed by atoms with E-state index in [2.05, 4.69) is 285 Å². The summed E-state index contributed by atoms with van der Waals surface area (Å²) in [7, 11) is 0. The Hall–Kier alpha value is -8.27. The Labute approximate surface area is 467 Å². The molecule has 4 heterocycles. The number of hydrogen-bond donors (Lipinski definition) is 0. The highest BCUT2D eigenvalue weighted by atomic mass is 15.2. The number of fused-ring (bicyclic) bond motifs is 10. The smallest absolute Gasteiger partial charge is 0.247 e. The minimum Gasteiger partial charge on any atom is -0.313 e. The standard InChI is InChI=1S/C74H67B2N3/c1-44-36-46(3)70(47(4)37-44)75-57-42-51(73(7,8)9)32-34-65(57)79-66-35-33-52(74(10,11)12)43-58(66)76(71-48(5)38-45(2)39-49(71)6)60-41-50(40-59(75)72(60)79)69-67(77-61-26-17-13-22-53(61)54-23-14-18-27-62(54)77)30-21-31-68(69)78-63-28-19-15-24-55(63)56-25-16-20-29-64(56)78/h13-43H,1-12H3. The van der Waals surface area contributed by atoms with Crippen LogP contribution in [0, 0.1) is 41.5 Å². The third kappa shape index (κ3) is 7.41. The topological polar surface area (TPSA) is 13.1 Å². The molecule has 2 aliphatic heterocycles. The van der Waals surface area contributed by atoms with Crippen molar-refractivity contribution >= 4 is 107 Å². The van der Waals surface area contributed by atoms with Crippen molar-refractivity contribution in [2.24, 2.45) is 0 Å². The summed E-state index contributed by atoms with van der Waals surface area (Å²) in [5, 5.41) is 4.98. The van der Waals surface area contributed by atoms with Gasteiger partial charge in [-0.15, -0.1) is 0 Å². The molecule has 0 radical (unpaired) electrons. The molecule has 14 rings (SSSR count). The number of hydrogen-bond acceptors (Lipinski definition) is 1. The zero-order valence-corrected chi connectivity index (χ0v) is 47.9. The van der Waals surface area contributed by atoms with Crippen LogP contribution < -0.4 is 37.7 Å². The molecule has 12 aromatic rings. The van der Waals surface area contributed by atoms with E-state index in [-0.39, 0.29) is 24.3 Å². The monoisotopic (exact) mass is 1020 g/mol. The second-order valence-corrected chi connectivity index (χ2v) is 25.3. The van der Waals surface area contributed by atoms with Gasteiger partial charge >= 0.3 is 0 Å². The molecule has 0 spiro atoms. The summed E-state index contributed by atoms with van der Waals surface area (Å²) in [5.41, 5.74) is 31.9. The zero-order chi connectivity index (χ0) is 54.6. The molecule has 0 unspecified atom stereocenters. The Morgan fingerprint density at radius 1 is 0.329 bits per heavy atom. The lowest BCUT2D eigenvalue weighted by Gasteiger charge is -2.45. The van der Waals surface area contributed by atoms with Gasteiger partial charge in [-0.05, 0) is 139 Å². The lowest BCUT2D eigenvalue weighted by Crippen LogP contribution is -2.66. The minimum absolute atomic E-state index is 0.0730. The van der Waals surface area contributed by atoms with Gasteiger partial charge in [-0.25, -0.2) is 0 Å². The number of nitrogens with zero attached hydrogens (tertiary/aromatic N) is 3. The molecule has 79 heavy (non-hydrogen) atoms. The largest absolute Gasteiger partial charge is 0.313 e. The molecule has 0 atom stereocenters. The Morgan fingerprint density at radius 3 is 1.01 bits per heavy atom. The van der Waals surface area contributed by atoms with Crippen molar-refractivity contribution in [2.75, 3.05) is 4.90 Å². The second kappa shape index (κ2) is 17.6. The summed E-state index contributed by atoms with van der Waals surface area (Å²) < 4.78 is 5.12. The first kappa shape index (κ1) is 49.1. The van der Waals surface area contributed by atoms with E-state index in [1.54, 1.807) is 0 Å². The molecule has 2 aromatic heterocycles. The van der Waals surface area contributed by atoms with Crippen LogP contribution in [0.2, 0.25) is 0 Å². The van der Waals surface area contributed by atoms with Crippen LogP contribution in [-0.4, -0.2) is 22.6 Å². The highest BCUT2D eigenvalue weighted by molar-refractivity contribution is 7.02. The van der Waals surface area contributed by atoms with E-state index in [9.17, 15) is 0 Å². The second-order valence-electron chi connectivity index (χ2n) is 25.3. The van der Waals surface area contributed by atoms with Crippen LogP contribution in [0.15, 0.2) is 188 Å². The molecular formula is C74H67B2N3. The molecule has 3 nitrogen and oxygen atoms in total. The Bertz CT molecular complexity index is 4120. The van der Waals surface area contributed by atoms with Crippen LogP contribution in [0.25, 0.3) is 66.1 Å². The van der Waals surface area contributed by atoms with Gasteiger partial charge in [-0.2, -0.15) is 0 Å². The maximum atomic E-state index is 2.69. The Kier molecular flexibility index (Phi) is 10.9. The molecule has 0 aliphatic carbocycles. The molecule has 0 fully saturated rings. The number of para-hydroxylation sites is 4. The van der Waals surface area contributed by atoms with E-state index in [4.69, 9.17) is 0 Å². The van der Waals surface area contributed by atoms with E-state index in [1.165, 1.54) is 149 Å². The van der Waals surface area contributed by atoms with E-state index in [1.807, 2.05) is 0 Å². The summed E-state index contributed by atoms with van der Waals surface area (Å²) >= 11 is 0. The molecule has 5 heteroatoms. The normalized spacial score (nSPS) is 13.2. The van der Waals surface area contributed by atoms with E-state index in [0.717, 1.165) is 11.4 Å². The number of aromatic nitrogens is 2. The predicted molar refractivity (Wildman–Crippen MR) is 343 cm³/mol. The first-order valence-electron chi connectivity index (χ1n) is 28.5. The molecule has 10 aromatic carbocycles. The lowest BCUT2D eigenvalue weighted by molar-refractivity contribution is 0.590. The van der Waals surface area contributed by atoms with Gasteiger partial charge in [0.1, 0.15) is 0 Å². The van der Waals surface area contributed by atoms with E-state index < -0.39 is 0 Å². The third-order valence-electron chi connectivity index (χ3n) is 17.9. The highest BCUT2D eigenvalue weighted by Gasteiger charge is 2.46. The minimum atomic E-state index is -0.0737. The maximum absolute atomic E-state index is 2.69. The van der Waals surface area contributed by atoms with Crippen LogP contribution in [0.4, 0.5) is 17.1 Å². The molecule has 384 valence electrons. The van der Waals surface area contributed by atoms with Gasteiger partial charge in [-0.3, -0.25) is 0 Å². The molecule has 2 aliphatic rings. The third-order valence-corrected chi connectivity index (χ3v) is 17.9. The summed E-state index contributed by atoms with van der Waals surface area (Å²) in [6.45, 7) is 28.0. The van der Waals surface area contributed by atoms with Crippen LogP contribution >= 0.6 is 0 Å². The molecule has 0 amide bonds. The van der Waals surface area contributed by atoms with E-state index >= 15 is 0 Å². The first-order valence-corrected chi connectivity index (χ1v) is 28.5. The van der Waals surface area contributed by atoms with Gasteiger partial charge in [0.2, 0.25) is 13.4 Å². The van der Waals surface area contributed by atoms with Gasteiger partial charge in [0.25, 0.3) is 0 Å². The Morgan fingerprint density at radius 2 is 0.671 bits per heavy atom. The summed E-state index contributed by atoms with van der Waals surface area (Å²) in [5.74, 6) is 0. The van der Waals surface area contributed by atoms with E-state index in [0.29, 0.717) is 0 Å². The highest BCUT2D eigenvalue weighted by Crippen LogP contribution is 2.45. The molecule has 0 N–H and O–H groups in total. The molecule has 0 saturated carbocycles. The summed E-state index contributed by atoms with van der Waals surface area (Å²) in [6.07, 6.45) is 0. The number of anilines is 3. The first-order chi connectivity index (χ1) is 38.0. The lowest BCUT2D eigenvalue weighted by atomic mass is 9.29. The average Bonchev–Trinajstić information content (AvgIpc) is 3.44. The zero-order valence-electron chi connectivity index (χ0n) is 47.9. The van der Waals surface area contributed by atoms with Gasteiger partial charge < -0.3 is 14.0 Å². The maximum Gasteiger partial charge on any atom is 0.247 e. The Balaban J connectivity index is 1.21. The van der Waals surface area contributed by atoms with Crippen molar-refractivity contribution in [2.45, 2.75) is 93.9 Å². The number of aryl methyl sites for hydroxylation is 6. The fraction of sp³-hybridized carbons (Fsp3) is 0.189. The predicted octanol–water partition coefficient (Wildman–Crippen LogP) is 15.1. The fourth-order valence-electron chi connectivity index (χ4n) is 14.6. The molecular weight excluding hydrogens is 952 g/mol. The van der Waals surface area contributed by atoms with Gasteiger partial charge in [0, 0.05) is 44.2 Å². The van der Waals surface area contributed by atoms with Crippen LogP contribution in [-0.2, 0) is 10.8 Å². The van der Waals surface area contributed by atoms with Crippen LogP contribution in [0.1, 0.15) is 86.1 Å². The number of benzene rings is 10. The van der Waals surface area contributed by atoms with Crippen LogP contribution in [0.5, 0.6) is 0 Å². The van der Waals surface area contributed by atoms with Gasteiger partial charge in [-0.1, -0.05) is 225 Å². The average molecular weight is 1020 g/mol. The quantitative estimate of drug-likeness (QED) is 0.157. The van der Waals surface area contributed by atoms with Gasteiger partial charge in [0.15, 0.2) is 0 Å². The van der Waals surface area contributed by atoms with Crippen molar-refractivity contribution in [3.8, 4) is 22.5 Å². The van der Waals surface area contributed by atoms with Crippen molar-refractivity contribution in [3.05, 3.63) is 233 Å². The SMILES string of the molecule is Cc1cc(C)c(B2c3cc(C(C)(C)C)ccc3N3c4ccc(C(C)(C)C)cc4B(c4c(C)cc(C)cc4C)c4cc(-c5c(-n6c7ccccc7c7ccccc76)cccc5-n5c6ccccc6c6ccccc65)cc2c43)c(C)c1.